The van der Waals surface area contributed by atoms with Crippen LogP contribution in [0.5, 0.6) is 0 Å². The number of nitrogens with one attached hydrogen (secondary N) is 1. The number of imide groups is 1. The average Bonchev–Trinajstić information content (AvgIpc) is 2.35. The highest BCUT2D eigenvalue weighted by molar-refractivity contribution is 9.10. The van der Waals surface area contributed by atoms with Gasteiger partial charge in [-0.2, -0.15) is 0 Å². The highest BCUT2D eigenvalue weighted by Crippen LogP contribution is 2.26. The summed E-state index contributed by atoms with van der Waals surface area (Å²) in [5, 5.41) is 17.7. The smallest absolute Gasteiger partial charge is 0.328 e. The van der Waals surface area contributed by atoms with Crippen LogP contribution >= 0.6 is 15.9 Å². The lowest BCUT2D eigenvalue weighted by Crippen LogP contribution is -2.46. The van der Waals surface area contributed by atoms with Gasteiger partial charge >= 0.3 is 18.0 Å². The zero-order chi connectivity index (χ0) is 16.3. The van der Waals surface area contributed by atoms with Crippen molar-refractivity contribution in [1.29, 1.82) is 0 Å². The van der Waals surface area contributed by atoms with Crippen molar-refractivity contribution in [2.75, 3.05) is 0 Å². The minimum absolute atomic E-state index is 0.375. The Bertz CT molecular complexity index is 388. The molecule has 5 N–H and O–H groups in total. The van der Waals surface area contributed by atoms with Crippen molar-refractivity contribution in [3.05, 3.63) is 12.2 Å². The van der Waals surface area contributed by atoms with Gasteiger partial charge in [-0.3, -0.25) is 10.1 Å². The zero-order valence-electron chi connectivity index (χ0n) is 11.1. The largest absolute Gasteiger partial charge is 0.478 e. The molecule has 3 amide bonds. The van der Waals surface area contributed by atoms with Crippen LogP contribution < -0.4 is 11.1 Å². The van der Waals surface area contributed by atoms with E-state index in [1.165, 1.54) is 0 Å². The third kappa shape index (κ3) is 10.1. The molecule has 0 aromatic carbocycles. The van der Waals surface area contributed by atoms with Crippen molar-refractivity contribution < 1.29 is 29.4 Å². The minimum Gasteiger partial charge on any atom is -0.478 e. The maximum Gasteiger partial charge on any atom is 0.328 e. The van der Waals surface area contributed by atoms with Crippen LogP contribution in [0.1, 0.15) is 26.7 Å². The third-order valence-corrected chi connectivity index (χ3v) is 3.61. The summed E-state index contributed by atoms with van der Waals surface area (Å²) in [6.07, 6.45) is 2.34. The summed E-state index contributed by atoms with van der Waals surface area (Å²) in [5.74, 6) is -2.89. The second-order valence-electron chi connectivity index (χ2n) is 3.50. The maximum atomic E-state index is 11.3. The van der Waals surface area contributed by atoms with E-state index in [1.54, 1.807) is 0 Å². The molecule has 0 rings (SSSR count). The normalized spacial score (nSPS) is 10.3. The molecule has 0 saturated heterocycles. The number of carboxylic acid groups (broad SMARTS) is 2. The Kier molecular flexibility index (Phi) is 10.2. The Labute approximate surface area is 124 Å². The van der Waals surface area contributed by atoms with Crippen molar-refractivity contribution in [3.63, 3.8) is 0 Å². The number of carbonyl (C=O) groups excluding carboxylic acids is 2. The molecule has 0 aliphatic rings. The molecule has 0 saturated carbocycles. The molecule has 8 nitrogen and oxygen atoms in total. The zero-order valence-corrected chi connectivity index (χ0v) is 12.6. The summed E-state index contributed by atoms with van der Waals surface area (Å²) in [6.45, 7) is 3.72. The number of urea groups is 1. The van der Waals surface area contributed by atoms with E-state index < -0.39 is 22.3 Å². The van der Waals surface area contributed by atoms with E-state index >= 15 is 0 Å². The number of amides is 3. The van der Waals surface area contributed by atoms with E-state index in [1.807, 2.05) is 19.2 Å². The van der Waals surface area contributed by atoms with Crippen molar-refractivity contribution in [2.24, 2.45) is 5.73 Å². The van der Waals surface area contributed by atoms with Gasteiger partial charge in [0.15, 0.2) is 0 Å². The topological polar surface area (TPSA) is 147 Å². The number of carboxylic acids is 2. The molecular weight excluding hydrogens is 336 g/mol. The van der Waals surface area contributed by atoms with Crippen molar-refractivity contribution in [3.8, 4) is 0 Å². The standard InChI is InChI=1S/C7H13BrN2O2.C4H4O4/c1-3-7(8,4-2)5(11)10-6(9)12;5-3(6)1-2-4(7)8/h3-4H2,1-2H3,(H3,9,10,11,12);1-2H,(H,5,6)(H,7,8)/b;2-1+. The van der Waals surface area contributed by atoms with Gasteiger partial charge in [-0.1, -0.05) is 29.8 Å². The molecule has 0 aliphatic heterocycles. The van der Waals surface area contributed by atoms with Gasteiger partial charge in [0.25, 0.3) is 0 Å². The predicted octanol–water partition coefficient (Wildman–Crippen LogP) is 0.847. The first-order valence-electron chi connectivity index (χ1n) is 5.52. The number of hydrogen-bond donors (Lipinski definition) is 4. The highest BCUT2D eigenvalue weighted by Gasteiger charge is 2.32. The van der Waals surface area contributed by atoms with Gasteiger partial charge in [-0.25, -0.2) is 14.4 Å². The Morgan fingerprint density at radius 1 is 1.10 bits per heavy atom. The first kappa shape index (κ1) is 20.4. The number of halogens is 1. The summed E-state index contributed by atoms with van der Waals surface area (Å²) in [4.78, 5) is 40.7. The van der Waals surface area contributed by atoms with Crippen LogP contribution in [0.2, 0.25) is 0 Å². The van der Waals surface area contributed by atoms with E-state index in [9.17, 15) is 19.2 Å². The monoisotopic (exact) mass is 352 g/mol. The number of aliphatic carboxylic acids is 2. The number of nitrogens with two attached hydrogens (primary N) is 1. The van der Waals surface area contributed by atoms with Crippen LogP contribution in [0.4, 0.5) is 4.79 Å². The molecule has 0 atom stereocenters. The van der Waals surface area contributed by atoms with E-state index in [2.05, 4.69) is 15.9 Å². The van der Waals surface area contributed by atoms with Gasteiger partial charge < -0.3 is 15.9 Å². The quantitative estimate of drug-likeness (QED) is 0.425. The number of rotatable bonds is 5. The molecule has 0 spiro atoms. The molecular formula is C11H17BrN2O6. The fourth-order valence-electron chi connectivity index (χ4n) is 0.938. The average molecular weight is 353 g/mol. The highest BCUT2D eigenvalue weighted by atomic mass is 79.9. The number of primary amides is 1. The molecule has 114 valence electrons. The molecule has 0 bridgehead atoms. The van der Waals surface area contributed by atoms with Gasteiger partial charge in [0.05, 0.1) is 0 Å². The Hall–Kier alpha value is -1.90. The fraction of sp³-hybridized carbons (Fsp3) is 0.455. The van der Waals surface area contributed by atoms with Crippen molar-refractivity contribution >= 4 is 39.8 Å². The van der Waals surface area contributed by atoms with E-state index in [0.717, 1.165) is 0 Å². The van der Waals surface area contributed by atoms with Crippen molar-refractivity contribution in [1.82, 2.24) is 5.32 Å². The van der Waals surface area contributed by atoms with Crippen LogP contribution in [0.25, 0.3) is 0 Å². The maximum absolute atomic E-state index is 11.3. The lowest BCUT2D eigenvalue weighted by Gasteiger charge is -2.21. The van der Waals surface area contributed by atoms with Gasteiger partial charge in [0, 0.05) is 12.2 Å². The molecule has 0 unspecified atom stereocenters. The van der Waals surface area contributed by atoms with Crippen LogP contribution in [0.15, 0.2) is 12.2 Å². The predicted molar refractivity (Wildman–Crippen MR) is 74.4 cm³/mol. The first-order chi connectivity index (χ1) is 9.08. The summed E-state index contributed by atoms with van der Waals surface area (Å²) < 4.78 is -0.665. The molecule has 0 heterocycles. The Balaban J connectivity index is 0. The second-order valence-corrected chi connectivity index (χ2v) is 5.02. The molecule has 0 aromatic rings. The fourth-order valence-corrected chi connectivity index (χ4v) is 1.04. The number of alkyl halides is 1. The first-order valence-corrected chi connectivity index (χ1v) is 6.32. The van der Waals surface area contributed by atoms with Crippen LogP contribution in [-0.4, -0.2) is 38.4 Å². The minimum atomic E-state index is -1.26. The molecule has 0 aromatic heterocycles. The number of hydrogen-bond acceptors (Lipinski definition) is 4. The third-order valence-electron chi connectivity index (χ3n) is 2.13. The van der Waals surface area contributed by atoms with E-state index in [-0.39, 0.29) is 5.91 Å². The lowest BCUT2D eigenvalue weighted by atomic mass is 10.0. The van der Waals surface area contributed by atoms with Gasteiger partial charge in [-0.15, -0.1) is 0 Å². The Morgan fingerprint density at radius 2 is 1.45 bits per heavy atom. The summed E-state index contributed by atoms with van der Waals surface area (Å²) >= 11 is 3.26. The summed E-state index contributed by atoms with van der Waals surface area (Å²) in [6, 6.07) is -0.814. The summed E-state index contributed by atoms with van der Waals surface area (Å²) in [7, 11) is 0. The van der Waals surface area contributed by atoms with Crippen LogP contribution in [-0.2, 0) is 14.4 Å². The molecule has 0 aliphatic carbocycles. The molecule has 20 heavy (non-hydrogen) atoms. The molecule has 0 radical (unpaired) electrons. The van der Waals surface area contributed by atoms with Gasteiger partial charge in [0.2, 0.25) is 5.91 Å². The lowest BCUT2D eigenvalue weighted by molar-refractivity contribution is -0.134. The van der Waals surface area contributed by atoms with E-state index in [4.69, 9.17) is 15.9 Å². The molecule has 9 heteroatoms. The number of carbonyl (C=O) groups is 4. The van der Waals surface area contributed by atoms with E-state index in [0.29, 0.717) is 25.0 Å². The Morgan fingerprint density at radius 3 is 1.65 bits per heavy atom. The second kappa shape index (κ2) is 9.96. The molecule has 0 fully saturated rings. The van der Waals surface area contributed by atoms with Crippen LogP contribution in [0, 0.1) is 0 Å². The van der Waals surface area contributed by atoms with Crippen molar-refractivity contribution in [2.45, 2.75) is 31.0 Å². The summed E-state index contributed by atoms with van der Waals surface area (Å²) in [5.41, 5.74) is 4.81. The van der Waals surface area contributed by atoms with Crippen LogP contribution in [0.3, 0.4) is 0 Å². The van der Waals surface area contributed by atoms with Gasteiger partial charge in [0.1, 0.15) is 4.32 Å². The van der Waals surface area contributed by atoms with Gasteiger partial charge in [-0.05, 0) is 12.8 Å². The SMILES string of the molecule is CCC(Br)(CC)C(=O)NC(N)=O.O=C(O)/C=C/C(=O)O.